The molecular weight excluding hydrogens is 338 g/mol. The SMILES string of the molecule is CCc1ccc(C(CNS(=O)(=O)N2CC(C)OC(C)C2)N(C)C)cc1. The predicted molar refractivity (Wildman–Crippen MR) is 101 cm³/mol. The van der Waals surface area contributed by atoms with Gasteiger partial charge in [0.1, 0.15) is 0 Å². The van der Waals surface area contributed by atoms with E-state index in [-0.39, 0.29) is 18.2 Å². The number of likely N-dealkylation sites (N-methyl/N-ethyl adjacent to an activating group) is 1. The van der Waals surface area contributed by atoms with Crippen LogP contribution in [0.2, 0.25) is 0 Å². The Labute approximate surface area is 152 Å². The van der Waals surface area contributed by atoms with Crippen LogP contribution < -0.4 is 4.72 Å². The summed E-state index contributed by atoms with van der Waals surface area (Å²) in [4.78, 5) is 2.04. The zero-order valence-electron chi connectivity index (χ0n) is 15.9. The van der Waals surface area contributed by atoms with Gasteiger partial charge in [-0.25, -0.2) is 4.72 Å². The van der Waals surface area contributed by atoms with Crippen LogP contribution in [0.4, 0.5) is 0 Å². The molecule has 1 aromatic rings. The van der Waals surface area contributed by atoms with E-state index in [1.807, 2.05) is 32.8 Å². The molecule has 142 valence electrons. The molecule has 1 N–H and O–H groups in total. The molecule has 1 aromatic carbocycles. The van der Waals surface area contributed by atoms with Gasteiger partial charge in [0.05, 0.1) is 12.2 Å². The highest BCUT2D eigenvalue weighted by Crippen LogP contribution is 2.20. The minimum Gasteiger partial charge on any atom is -0.373 e. The van der Waals surface area contributed by atoms with Crippen molar-refractivity contribution in [2.75, 3.05) is 33.7 Å². The number of aryl methyl sites for hydroxylation is 1. The number of rotatable bonds is 7. The molecule has 0 aliphatic carbocycles. The van der Waals surface area contributed by atoms with Gasteiger partial charge in [-0.15, -0.1) is 0 Å². The number of hydrogen-bond donors (Lipinski definition) is 1. The van der Waals surface area contributed by atoms with Crippen molar-refractivity contribution in [3.63, 3.8) is 0 Å². The van der Waals surface area contributed by atoms with E-state index in [9.17, 15) is 8.42 Å². The largest absolute Gasteiger partial charge is 0.373 e. The third-order valence-electron chi connectivity index (χ3n) is 4.58. The van der Waals surface area contributed by atoms with E-state index in [2.05, 4.69) is 35.9 Å². The van der Waals surface area contributed by atoms with E-state index in [1.54, 1.807) is 0 Å². The second kappa shape index (κ2) is 8.60. The van der Waals surface area contributed by atoms with E-state index in [0.717, 1.165) is 12.0 Å². The Hall–Kier alpha value is -0.990. The number of ether oxygens (including phenoxy) is 1. The minimum atomic E-state index is -3.52. The van der Waals surface area contributed by atoms with Crippen LogP contribution in [-0.2, 0) is 21.4 Å². The molecule has 6 nitrogen and oxygen atoms in total. The maximum atomic E-state index is 12.7. The second-order valence-corrected chi connectivity index (χ2v) is 8.76. The average Bonchev–Trinajstić information content (AvgIpc) is 2.54. The molecule has 2 rings (SSSR count). The Balaban J connectivity index is 2.06. The summed E-state index contributed by atoms with van der Waals surface area (Å²) in [5.74, 6) is 0. The topological polar surface area (TPSA) is 61.9 Å². The van der Waals surface area contributed by atoms with Gasteiger partial charge in [-0.05, 0) is 45.5 Å². The van der Waals surface area contributed by atoms with E-state index < -0.39 is 10.2 Å². The summed E-state index contributed by atoms with van der Waals surface area (Å²) >= 11 is 0. The number of morpholine rings is 1. The number of nitrogens with one attached hydrogen (secondary N) is 1. The Kier molecular flexibility index (Phi) is 6.99. The van der Waals surface area contributed by atoms with Crippen LogP contribution in [0, 0.1) is 0 Å². The van der Waals surface area contributed by atoms with Crippen LogP contribution in [0.25, 0.3) is 0 Å². The Morgan fingerprint density at radius 3 is 2.24 bits per heavy atom. The van der Waals surface area contributed by atoms with Gasteiger partial charge in [-0.3, -0.25) is 0 Å². The highest BCUT2D eigenvalue weighted by Gasteiger charge is 2.31. The maximum absolute atomic E-state index is 12.7. The maximum Gasteiger partial charge on any atom is 0.279 e. The third kappa shape index (κ3) is 5.49. The zero-order valence-corrected chi connectivity index (χ0v) is 16.7. The molecule has 1 heterocycles. The molecule has 0 amide bonds. The van der Waals surface area contributed by atoms with Crippen LogP contribution in [0.1, 0.15) is 37.9 Å². The zero-order chi connectivity index (χ0) is 18.6. The Morgan fingerprint density at radius 1 is 1.20 bits per heavy atom. The summed E-state index contributed by atoms with van der Waals surface area (Å²) in [6.45, 7) is 7.03. The molecule has 0 saturated carbocycles. The smallest absolute Gasteiger partial charge is 0.279 e. The lowest BCUT2D eigenvalue weighted by molar-refractivity contribution is -0.0444. The summed E-state index contributed by atoms with van der Waals surface area (Å²) in [6.07, 6.45) is 0.811. The summed E-state index contributed by atoms with van der Waals surface area (Å²) in [5, 5.41) is 0. The van der Waals surface area contributed by atoms with Gasteiger partial charge in [0.2, 0.25) is 0 Å². The first kappa shape index (κ1) is 20.3. The van der Waals surface area contributed by atoms with Crippen molar-refractivity contribution in [3.8, 4) is 0 Å². The molecular formula is C18H31N3O3S. The molecule has 1 fully saturated rings. The third-order valence-corrected chi connectivity index (χ3v) is 6.09. The fourth-order valence-corrected chi connectivity index (χ4v) is 4.54. The van der Waals surface area contributed by atoms with Crippen LogP contribution in [0.3, 0.4) is 0 Å². The van der Waals surface area contributed by atoms with Gasteiger partial charge >= 0.3 is 0 Å². The summed E-state index contributed by atoms with van der Waals surface area (Å²) in [5.41, 5.74) is 2.38. The van der Waals surface area contributed by atoms with E-state index in [4.69, 9.17) is 4.74 Å². The van der Waals surface area contributed by atoms with Crippen molar-refractivity contribution in [1.29, 1.82) is 0 Å². The van der Waals surface area contributed by atoms with Gasteiger partial charge in [-0.1, -0.05) is 31.2 Å². The summed E-state index contributed by atoms with van der Waals surface area (Å²) < 4.78 is 35.2. The quantitative estimate of drug-likeness (QED) is 0.796. The van der Waals surface area contributed by atoms with Gasteiger partial charge in [0, 0.05) is 25.7 Å². The lowest BCUT2D eigenvalue weighted by Gasteiger charge is -2.35. The molecule has 25 heavy (non-hydrogen) atoms. The number of benzene rings is 1. The molecule has 0 spiro atoms. The summed E-state index contributed by atoms with van der Waals surface area (Å²) in [6, 6.07) is 8.35. The normalized spacial score (nSPS) is 23.8. The van der Waals surface area contributed by atoms with Gasteiger partial charge < -0.3 is 9.64 Å². The van der Waals surface area contributed by atoms with Crippen molar-refractivity contribution < 1.29 is 13.2 Å². The molecule has 0 bridgehead atoms. The van der Waals surface area contributed by atoms with E-state index >= 15 is 0 Å². The molecule has 1 aliphatic heterocycles. The van der Waals surface area contributed by atoms with Gasteiger partial charge in [-0.2, -0.15) is 12.7 Å². The highest BCUT2D eigenvalue weighted by molar-refractivity contribution is 7.87. The van der Waals surface area contributed by atoms with Crippen LogP contribution in [-0.4, -0.2) is 63.6 Å². The monoisotopic (exact) mass is 369 g/mol. The van der Waals surface area contributed by atoms with Crippen molar-refractivity contribution in [3.05, 3.63) is 35.4 Å². The molecule has 0 radical (unpaired) electrons. The molecule has 1 aliphatic rings. The van der Waals surface area contributed by atoms with Gasteiger partial charge in [0.15, 0.2) is 0 Å². The molecule has 3 atom stereocenters. The second-order valence-electron chi connectivity index (χ2n) is 7.00. The standard InChI is InChI=1S/C18H31N3O3S/c1-6-16-7-9-17(10-8-16)18(20(4)5)11-19-25(22,23)21-12-14(2)24-15(3)13-21/h7-10,14-15,18-19H,6,11-13H2,1-5H3. The van der Waals surface area contributed by atoms with Crippen LogP contribution in [0.5, 0.6) is 0 Å². The van der Waals surface area contributed by atoms with Crippen molar-refractivity contribution >= 4 is 10.2 Å². The molecule has 0 aromatic heterocycles. The minimum absolute atomic E-state index is 0.0171. The predicted octanol–water partition coefficient (Wildman–Crippen LogP) is 1.80. The highest BCUT2D eigenvalue weighted by atomic mass is 32.2. The van der Waals surface area contributed by atoms with Crippen molar-refractivity contribution in [2.45, 2.75) is 45.4 Å². The first-order chi connectivity index (χ1) is 11.7. The Bertz CT molecular complexity index is 636. The first-order valence-electron chi connectivity index (χ1n) is 8.88. The molecule has 3 unspecified atom stereocenters. The van der Waals surface area contributed by atoms with Crippen LogP contribution in [0.15, 0.2) is 24.3 Å². The number of nitrogens with zero attached hydrogens (tertiary/aromatic N) is 2. The van der Waals surface area contributed by atoms with E-state index in [0.29, 0.717) is 19.6 Å². The number of hydrogen-bond acceptors (Lipinski definition) is 4. The lowest BCUT2D eigenvalue weighted by atomic mass is 10.0. The van der Waals surface area contributed by atoms with Crippen molar-refractivity contribution in [1.82, 2.24) is 13.9 Å². The fraction of sp³-hybridized carbons (Fsp3) is 0.667. The van der Waals surface area contributed by atoms with Gasteiger partial charge in [0.25, 0.3) is 10.2 Å². The Morgan fingerprint density at radius 2 is 1.76 bits per heavy atom. The molecule has 1 saturated heterocycles. The van der Waals surface area contributed by atoms with Crippen molar-refractivity contribution in [2.24, 2.45) is 0 Å². The van der Waals surface area contributed by atoms with Crippen LogP contribution >= 0.6 is 0 Å². The van der Waals surface area contributed by atoms with E-state index in [1.165, 1.54) is 9.87 Å². The first-order valence-corrected chi connectivity index (χ1v) is 10.3. The average molecular weight is 370 g/mol. The molecule has 7 heteroatoms. The lowest BCUT2D eigenvalue weighted by Crippen LogP contribution is -2.52. The fourth-order valence-electron chi connectivity index (χ4n) is 3.18. The summed E-state index contributed by atoms with van der Waals surface area (Å²) in [7, 11) is 0.406.